The Kier molecular flexibility index (Phi) is 5.24. The standard InChI is InChI=1S/C10H16N2O4S2/c1-12-5-3-8(7-12)18(15,16)11-9(10(13)14)4-6-17-2/h3,5,7,9,11H,4,6H2,1-2H3,(H,13,14)/t9-/m0/s1. The molecule has 0 aliphatic carbocycles. The molecule has 0 aliphatic rings. The molecule has 0 radical (unpaired) electrons. The van der Waals surface area contributed by atoms with Crippen molar-refractivity contribution in [3.05, 3.63) is 18.5 Å². The lowest BCUT2D eigenvalue weighted by molar-refractivity contribution is -0.139. The highest BCUT2D eigenvalue weighted by atomic mass is 32.2. The summed E-state index contributed by atoms with van der Waals surface area (Å²) in [7, 11) is -2.08. The molecular formula is C10H16N2O4S2. The largest absolute Gasteiger partial charge is 0.480 e. The second-order valence-electron chi connectivity index (χ2n) is 3.81. The molecule has 0 aromatic carbocycles. The zero-order valence-corrected chi connectivity index (χ0v) is 11.8. The van der Waals surface area contributed by atoms with Gasteiger partial charge in [-0.1, -0.05) is 0 Å². The summed E-state index contributed by atoms with van der Waals surface area (Å²) in [5.41, 5.74) is 0. The predicted molar refractivity (Wildman–Crippen MR) is 70.2 cm³/mol. The molecule has 0 amide bonds. The summed E-state index contributed by atoms with van der Waals surface area (Å²) in [6.07, 6.45) is 5.11. The molecule has 0 aliphatic heterocycles. The summed E-state index contributed by atoms with van der Waals surface area (Å²) >= 11 is 1.47. The number of sulfonamides is 1. The van der Waals surface area contributed by atoms with Crippen LogP contribution in [0.1, 0.15) is 6.42 Å². The molecule has 0 unspecified atom stereocenters. The van der Waals surface area contributed by atoms with Gasteiger partial charge < -0.3 is 9.67 Å². The number of rotatable bonds is 7. The molecule has 0 saturated carbocycles. The SMILES string of the molecule is CSCC[C@H](NS(=O)(=O)c1ccn(C)c1)C(=O)O. The van der Waals surface area contributed by atoms with Crippen molar-refractivity contribution < 1.29 is 18.3 Å². The van der Waals surface area contributed by atoms with E-state index in [4.69, 9.17) is 5.11 Å². The van der Waals surface area contributed by atoms with Crippen LogP contribution in [0.25, 0.3) is 0 Å². The van der Waals surface area contributed by atoms with E-state index in [9.17, 15) is 13.2 Å². The first-order valence-corrected chi connectivity index (χ1v) is 8.10. The number of hydrogen-bond acceptors (Lipinski definition) is 4. The molecule has 0 saturated heterocycles. The molecule has 8 heteroatoms. The van der Waals surface area contributed by atoms with Gasteiger partial charge in [0.05, 0.1) is 4.90 Å². The average molecular weight is 292 g/mol. The molecule has 1 aromatic rings. The van der Waals surface area contributed by atoms with E-state index in [0.29, 0.717) is 5.75 Å². The number of aromatic nitrogens is 1. The fourth-order valence-corrected chi connectivity index (χ4v) is 3.11. The minimum Gasteiger partial charge on any atom is -0.480 e. The Morgan fingerprint density at radius 2 is 2.28 bits per heavy atom. The van der Waals surface area contributed by atoms with E-state index in [2.05, 4.69) is 4.72 Å². The molecule has 0 fully saturated rings. The van der Waals surface area contributed by atoms with Gasteiger partial charge in [-0.2, -0.15) is 16.5 Å². The normalized spacial score (nSPS) is 13.4. The van der Waals surface area contributed by atoms with Crippen LogP contribution in [-0.4, -0.2) is 42.1 Å². The van der Waals surface area contributed by atoms with Crippen molar-refractivity contribution in [2.24, 2.45) is 7.05 Å². The van der Waals surface area contributed by atoms with E-state index < -0.39 is 22.0 Å². The molecule has 0 spiro atoms. The van der Waals surface area contributed by atoms with E-state index >= 15 is 0 Å². The number of aryl methyl sites for hydroxylation is 1. The number of thioether (sulfide) groups is 1. The molecule has 0 bridgehead atoms. The second-order valence-corrected chi connectivity index (χ2v) is 6.51. The number of hydrogen-bond donors (Lipinski definition) is 2. The van der Waals surface area contributed by atoms with Crippen LogP contribution in [0.2, 0.25) is 0 Å². The van der Waals surface area contributed by atoms with Crippen LogP contribution in [-0.2, 0) is 21.9 Å². The van der Waals surface area contributed by atoms with Crippen LogP contribution in [0.4, 0.5) is 0 Å². The highest BCUT2D eigenvalue weighted by molar-refractivity contribution is 7.98. The van der Waals surface area contributed by atoms with Gasteiger partial charge in [0.2, 0.25) is 10.0 Å². The van der Waals surface area contributed by atoms with E-state index in [1.54, 1.807) is 17.8 Å². The zero-order valence-electron chi connectivity index (χ0n) is 10.2. The van der Waals surface area contributed by atoms with Gasteiger partial charge in [-0.15, -0.1) is 0 Å². The van der Waals surface area contributed by atoms with Crippen molar-refractivity contribution >= 4 is 27.8 Å². The first-order valence-electron chi connectivity index (χ1n) is 5.23. The summed E-state index contributed by atoms with van der Waals surface area (Å²) < 4.78 is 27.7. The number of carboxylic acid groups (broad SMARTS) is 1. The topological polar surface area (TPSA) is 88.4 Å². The lowest BCUT2D eigenvalue weighted by Crippen LogP contribution is -2.41. The monoisotopic (exact) mass is 292 g/mol. The minimum absolute atomic E-state index is 0.0698. The molecule has 6 nitrogen and oxygen atoms in total. The van der Waals surface area contributed by atoms with Crippen molar-refractivity contribution in [2.45, 2.75) is 17.4 Å². The Morgan fingerprint density at radius 1 is 1.61 bits per heavy atom. The molecule has 2 N–H and O–H groups in total. The Bertz CT molecular complexity index is 510. The smallest absolute Gasteiger partial charge is 0.321 e. The maximum Gasteiger partial charge on any atom is 0.321 e. The molecular weight excluding hydrogens is 276 g/mol. The number of carboxylic acids is 1. The molecule has 18 heavy (non-hydrogen) atoms. The lowest BCUT2D eigenvalue weighted by atomic mass is 10.2. The Morgan fingerprint density at radius 3 is 2.72 bits per heavy atom. The fraction of sp³-hybridized carbons (Fsp3) is 0.500. The van der Waals surface area contributed by atoms with E-state index in [1.807, 2.05) is 6.26 Å². The van der Waals surface area contributed by atoms with Crippen LogP contribution in [0.3, 0.4) is 0 Å². The van der Waals surface area contributed by atoms with Gasteiger partial charge in [0.1, 0.15) is 6.04 Å². The lowest BCUT2D eigenvalue weighted by Gasteiger charge is -2.13. The first-order chi connectivity index (χ1) is 8.36. The van der Waals surface area contributed by atoms with Crippen molar-refractivity contribution in [2.75, 3.05) is 12.0 Å². The van der Waals surface area contributed by atoms with E-state index in [0.717, 1.165) is 0 Å². The van der Waals surface area contributed by atoms with Crippen molar-refractivity contribution in [3.8, 4) is 0 Å². The third-order valence-corrected chi connectivity index (χ3v) is 4.42. The average Bonchev–Trinajstić information content (AvgIpc) is 2.71. The number of aliphatic carboxylic acids is 1. The minimum atomic E-state index is -3.78. The van der Waals surface area contributed by atoms with Crippen LogP contribution in [0.5, 0.6) is 0 Å². The van der Waals surface area contributed by atoms with Crippen LogP contribution < -0.4 is 4.72 Å². The van der Waals surface area contributed by atoms with Gasteiger partial charge in [-0.3, -0.25) is 4.79 Å². The molecule has 1 aromatic heterocycles. The van der Waals surface area contributed by atoms with Gasteiger partial charge in [0, 0.05) is 19.4 Å². The van der Waals surface area contributed by atoms with Gasteiger partial charge in [-0.05, 0) is 24.5 Å². The first kappa shape index (κ1) is 15.1. The summed E-state index contributed by atoms with van der Waals surface area (Å²) in [4.78, 5) is 11.0. The van der Waals surface area contributed by atoms with Gasteiger partial charge in [0.15, 0.2) is 0 Å². The van der Waals surface area contributed by atoms with Crippen LogP contribution in [0.15, 0.2) is 23.4 Å². The van der Waals surface area contributed by atoms with Gasteiger partial charge in [0.25, 0.3) is 0 Å². The quantitative estimate of drug-likeness (QED) is 0.764. The third kappa shape index (κ3) is 4.04. The zero-order chi connectivity index (χ0) is 13.8. The maximum atomic E-state index is 11.9. The number of nitrogens with zero attached hydrogens (tertiary/aromatic N) is 1. The number of nitrogens with one attached hydrogen (secondary N) is 1. The molecule has 1 atom stereocenters. The number of carbonyl (C=O) groups is 1. The summed E-state index contributed by atoms with van der Waals surface area (Å²) in [6.45, 7) is 0. The molecule has 1 rings (SSSR count). The maximum absolute atomic E-state index is 11.9. The highest BCUT2D eigenvalue weighted by Gasteiger charge is 2.25. The van der Waals surface area contributed by atoms with Crippen molar-refractivity contribution in [3.63, 3.8) is 0 Å². The Hall–Kier alpha value is -0.990. The van der Waals surface area contributed by atoms with Gasteiger partial charge in [-0.25, -0.2) is 8.42 Å². The molecule has 1 heterocycles. The van der Waals surface area contributed by atoms with Gasteiger partial charge >= 0.3 is 5.97 Å². The summed E-state index contributed by atoms with van der Waals surface area (Å²) in [5, 5.41) is 8.97. The fourth-order valence-electron chi connectivity index (χ4n) is 1.36. The summed E-state index contributed by atoms with van der Waals surface area (Å²) in [6, 6.07) is 0.332. The van der Waals surface area contributed by atoms with E-state index in [-0.39, 0.29) is 11.3 Å². The summed E-state index contributed by atoms with van der Waals surface area (Å²) in [5.74, 6) is -0.586. The van der Waals surface area contributed by atoms with Crippen LogP contribution in [0, 0.1) is 0 Å². The molecule has 102 valence electrons. The Balaban J connectivity index is 2.82. The third-order valence-electron chi connectivity index (χ3n) is 2.32. The highest BCUT2D eigenvalue weighted by Crippen LogP contribution is 2.11. The van der Waals surface area contributed by atoms with E-state index in [1.165, 1.54) is 24.0 Å². The predicted octanol–water partition coefficient (Wildman–Crippen LogP) is 0.510. The van der Waals surface area contributed by atoms with Crippen molar-refractivity contribution in [1.29, 1.82) is 0 Å². The Labute approximate surface area is 110 Å². The second kappa shape index (κ2) is 6.26. The van der Waals surface area contributed by atoms with Crippen molar-refractivity contribution in [1.82, 2.24) is 9.29 Å². The van der Waals surface area contributed by atoms with Crippen LogP contribution >= 0.6 is 11.8 Å².